The molecule has 0 radical (unpaired) electrons. The molecule has 2 aromatic carbocycles. The summed E-state index contributed by atoms with van der Waals surface area (Å²) < 4.78 is 34.2. The first-order valence-electron chi connectivity index (χ1n) is 8.65. The lowest BCUT2D eigenvalue weighted by atomic mass is 10.1. The Kier molecular flexibility index (Phi) is 5.67. The molecule has 0 aliphatic heterocycles. The summed E-state index contributed by atoms with van der Waals surface area (Å²) in [5.74, 6) is -1.04. The van der Waals surface area contributed by atoms with Crippen molar-refractivity contribution < 1.29 is 18.3 Å². The third-order valence-corrected chi connectivity index (χ3v) is 4.63. The summed E-state index contributed by atoms with van der Waals surface area (Å²) >= 11 is 0. The number of para-hydroxylation sites is 1. The van der Waals surface area contributed by atoms with Crippen molar-refractivity contribution in [2.45, 2.75) is 19.5 Å². The van der Waals surface area contributed by atoms with Gasteiger partial charge < -0.3 is 9.64 Å². The highest BCUT2D eigenvalue weighted by molar-refractivity contribution is 5.92. The van der Waals surface area contributed by atoms with E-state index in [1.165, 1.54) is 34.0 Å². The maximum absolute atomic E-state index is 13.8. The van der Waals surface area contributed by atoms with E-state index in [-0.39, 0.29) is 29.8 Å². The van der Waals surface area contributed by atoms with Gasteiger partial charge in [0, 0.05) is 18.2 Å². The molecule has 1 heterocycles. The van der Waals surface area contributed by atoms with Crippen LogP contribution in [0.3, 0.4) is 0 Å². The first-order valence-corrected chi connectivity index (χ1v) is 8.65. The molecule has 8 heteroatoms. The quantitative estimate of drug-likeness (QED) is 0.651. The molecule has 0 fully saturated rings. The average molecular weight is 386 g/mol. The first-order chi connectivity index (χ1) is 13.4. The molecule has 3 rings (SSSR count). The molecular formula is C20H20F2N4O2. The van der Waals surface area contributed by atoms with Crippen LogP contribution >= 0.6 is 0 Å². The lowest BCUT2D eigenvalue weighted by Gasteiger charge is -2.25. The molecule has 0 spiro atoms. The molecule has 1 amide bonds. The molecule has 28 heavy (non-hydrogen) atoms. The molecule has 3 aromatic rings. The Morgan fingerprint density at radius 2 is 1.86 bits per heavy atom. The lowest BCUT2D eigenvalue weighted by molar-refractivity contribution is 0.0735. The SMILES string of the molecule is COc1ccccc1[C@@H](C)N(C)C(=O)c1cn(Cc2c(F)cccc2F)nn1. The smallest absolute Gasteiger partial charge is 0.276 e. The second kappa shape index (κ2) is 8.16. The van der Waals surface area contributed by atoms with Gasteiger partial charge in [-0.3, -0.25) is 4.79 Å². The minimum atomic E-state index is -0.676. The van der Waals surface area contributed by atoms with Crippen molar-refractivity contribution in [1.29, 1.82) is 0 Å². The fourth-order valence-electron chi connectivity index (χ4n) is 2.90. The number of ether oxygens (including phenoxy) is 1. The summed E-state index contributed by atoms with van der Waals surface area (Å²) in [5, 5.41) is 7.68. The topological polar surface area (TPSA) is 60.2 Å². The van der Waals surface area contributed by atoms with Crippen molar-refractivity contribution in [3.05, 3.63) is 77.1 Å². The molecule has 0 unspecified atom stereocenters. The van der Waals surface area contributed by atoms with Crippen molar-refractivity contribution in [1.82, 2.24) is 19.9 Å². The highest BCUT2D eigenvalue weighted by Crippen LogP contribution is 2.28. The summed E-state index contributed by atoms with van der Waals surface area (Å²) in [6.07, 6.45) is 1.37. The van der Waals surface area contributed by atoms with Crippen LogP contribution in [-0.4, -0.2) is 40.0 Å². The van der Waals surface area contributed by atoms with Crippen LogP contribution in [-0.2, 0) is 6.54 Å². The molecule has 0 saturated carbocycles. The number of nitrogens with zero attached hydrogens (tertiary/aromatic N) is 4. The van der Waals surface area contributed by atoms with Gasteiger partial charge in [0.15, 0.2) is 5.69 Å². The van der Waals surface area contributed by atoms with Crippen LogP contribution in [0.4, 0.5) is 8.78 Å². The van der Waals surface area contributed by atoms with Crippen LogP contribution in [0, 0.1) is 11.6 Å². The monoisotopic (exact) mass is 386 g/mol. The zero-order chi connectivity index (χ0) is 20.3. The minimum absolute atomic E-state index is 0.0843. The standard InChI is InChI=1S/C20H20F2N4O2/c1-13(14-7-4-5-10-19(14)28-3)25(2)20(27)18-12-26(24-23-18)11-15-16(21)8-6-9-17(15)22/h4-10,12-13H,11H2,1-3H3/t13-/m1/s1. The Morgan fingerprint density at radius 3 is 2.54 bits per heavy atom. The largest absolute Gasteiger partial charge is 0.496 e. The molecule has 1 atom stereocenters. The van der Waals surface area contributed by atoms with Gasteiger partial charge in [0.2, 0.25) is 0 Å². The van der Waals surface area contributed by atoms with E-state index in [0.29, 0.717) is 5.75 Å². The van der Waals surface area contributed by atoms with E-state index >= 15 is 0 Å². The molecule has 146 valence electrons. The van der Waals surface area contributed by atoms with E-state index in [4.69, 9.17) is 4.74 Å². The number of carbonyl (C=O) groups is 1. The van der Waals surface area contributed by atoms with Crippen molar-refractivity contribution in [2.75, 3.05) is 14.2 Å². The molecule has 0 bridgehead atoms. The van der Waals surface area contributed by atoms with Gasteiger partial charge in [-0.15, -0.1) is 5.10 Å². The number of carbonyl (C=O) groups excluding carboxylic acids is 1. The van der Waals surface area contributed by atoms with Crippen molar-refractivity contribution in [3.8, 4) is 5.75 Å². The predicted molar refractivity (Wildman–Crippen MR) is 99.0 cm³/mol. The van der Waals surface area contributed by atoms with Crippen molar-refractivity contribution in [2.24, 2.45) is 0 Å². The fourth-order valence-corrected chi connectivity index (χ4v) is 2.90. The third-order valence-electron chi connectivity index (χ3n) is 4.63. The number of halogens is 2. The maximum atomic E-state index is 13.8. The highest BCUT2D eigenvalue weighted by atomic mass is 19.1. The summed E-state index contributed by atoms with van der Waals surface area (Å²) in [6, 6.07) is 10.8. The molecule has 0 saturated heterocycles. The van der Waals surface area contributed by atoms with E-state index in [9.17, 15) is 13.6 Å². The van der Waals surface area contributed by atoms with Crippen LogP contribution in [0.5, 0.6) is 5.75 Å². The van der Waals surface area contributed by atoms with Gasteiger partial charge in [0.25, 0.3) is 5.91 Å². The Morgan fingerprint density at radius 1 is 1.18 bits per heavy atom. The summed E-state index contributed by atoms with van der Waals surface area (Å²) in [6.45, 7) is 1.71. The number of rotatable bonds is 6. The molecule has 0 N–H and O–H groups in total. The van der Waals surface area contributed by atoms with Gasteiger partial charge in [-0.05, 0) is 25.1 Å². The Balaban J connectivity index is 1.78. The van der Waals surface area contributed by atoms with Gasteiger partial charge in [-0.1, -0.05) is 29.5 Å². The van der Waals surface area contributed by atoms with E-state index in [0.717, 1.165) is 5.56 Å². The van der Waals surface area contributed by atoms with Crippen LogP contribution in [0.1, 0.15) is 34.6 Å². The van der Waals surface area contributed by atoms with Crippen LogP contribution < -0.4 is 4.74 Å². The van der Waals surface area contributed by atoms with E-state index in [1.54, 1.807) is 14.2 Å². The Bertz CT molecular complexity index is 970. The first kappa shape index (κ1) is 19.5. The van der Waals surface area contributed by atoms with E-state index in [2.05, 4.69) is 10.3 Å². The van der Waals surface area contributed by atoms with Crippen LogP contribution in [0.15, 0.2) is 48.7 Å². The molecule has 6 nitrogen and oxygen atoms in total. The molecular weight excluding hydrogens is 366 g/mol. The normalized spacial score (nSPS) is 11.9. The minimum Gasteiger partial charge on any atom is -0.496 e. The van der Waals surface area contributed by atoms with Crippen molar-refractivity contribution in [3.63, 3.8) is 0 Å². The third kappa shape index (κ3) is 3.85. The molecule has 0 aliphatic rings. The maximum Gasteiger partial charge on any atom is 0.276 e. The van der Waals surface area contributed by atoms with Crippen molar-refractivity contribution >= 4 is 5.91 Å². The van der Waals surface area contributed by atoms with E-state index in [1.807, 2.05) is 31.2 Å². The Labute approximate surface area is 161 Å². The van der Waals surface area contributed by atoms with Gasteiger partial charge in [0.1, 0.15) is 17.4 Å². The second-order valence-electron chi connectivity index (χ2n) is 6.34. The van der Waals surface area contributed by atoms with Crippen LogP contribution in [0.25, 0.3) is 0 Å². The molecule has 0 aliphatic carbocycles. The van der Waals surface area contributed by atoms with Gasteiger partial charge >= 0.3 is 0 Å². The zero-order valence-electron chi connectivity index (χ0n) is 15.8. The average Bonchev–Trinajstić information content (AvgIpc) is 3.17. The molecule has 1 aromatic heterocycles. The highest BCUT2D eigenvalue weighted by Gasteiger charge is 2.23. The fraction of sp³-hybridized carbons (Fsp3) is 0.250. The lowest BCUT2D eigenvalue weighted by Crippen LogP contribution is -2.30. The predicted octanol–water partition coefficient (Wildman–Crippen LogP) is 3.45. The summed E-state index contributed by atoms with van der Waals surface area (Å²) in [4.78, 5) is 14.3. The number of amides is 1. The zero-order valence-corrected chi connectivity index (χ0v) is 15.8. The van der Waals surface area contributed by atoms with Gasteiger partial charge in [-0.2, -0.15) is 0 Å². The van der Waals surface area contributed by atoms with Gasteiger partial charge in [-0.25, -0.2) is 13.5 Å². The van der Waals surface area contributed by atoms with Crippen LogP contribution in [0.2, 0.25) is 0 Å². The number of hydrogen-bond donors (Lipinski definition) is 0. The summed E-state index contributed by atoms with van der Waals surface area (Å²) in [7, 11) is 3.22. The number of aromatic nitrogens is 3. The number of methoxy groups -OCH3 is 1. The number of hydrogen-bond acceptors (Lipinski definition) is 4. The second-order valence-corrected chi connectivity index (χ2v) is 6.34. The number of benzene rings is 2. The van der Waals surface area contributed by atoms with Gasteiger partial charge in [0.05, 0.1) is 25.9 Å². The van der Waals surface area contributed by atoms with E-state index < -0.39 is 11.6 Å². The summed E-state index contributed by atoms with van der Waals surface area (Å²) in [5.41, 5.74) is 0.796. The Hall–Kier alpha value is -3.29.